The van der Waals surface area contributed by atoms with Gasteiger partial charge in [-0.05, 0) is 72.0 Å². The van der Waals surface area contributed by atoms with Crippen LogP contribution in [-0.2, 0) is 17.8 Å². The number of halogens is 2. The number of carbonyl (C=O) groups excluding carboxylic acids is 2. The smallest absolute Gasteiger partial charge is 0.305 e. The Morgan fingerprint density at radius 1 is 0.791 bits per heavy atom. The van der Waals surface area contributed by atoms with Gasteiger partial charge >= 0.3 is 5.97 Å². The van der Waals surface area contributed by atoms with Gasteiger partial charge in [0.25, 0.3) is 11.8 Å². The number of hydrogen-bond acceptors (Lipinski definition) is 4. The molecule has 0 aliphatic carbocycles. The number of amides is 2. The topological polar surface area (TPSA) is 95.9 Å². The van der Waals surface area contributed by atoms with Crippen molar-refractivity contribution in [3.63, 3.8) is 0 Å². The third kappa shape index (κ3) is 8.48. The van der Waals surface area contributed by atoms with E-state index in [4.69, 9.17) is 4.74 Å². The van der Waals surface area contributed by atoms with E-state index in [2.05, 4.69) is 5.32 Å². The summed E-state index contributed by atoms with van der Waals surface area (Å²) in [4.78, 5) is 40.1. The second-order valence-electron chi connectivity index (χ2n) is 9.82. The molecule has 0 unspecified atom stereocenters. The van der Waals surface area contributed by atoms with Gasteiger partial charge in [-0.1, -0.05) is 48.5 Å². The van der Waals surface area contributed by atoms with E-state index in [9.17, 15) is 28.3 Å². The Bertz CT molecular complexity index is 1590. The molecule has 0 aliphatic rings. The number of ether oxygens (including phenoxy) is 1. The van der Waals surface area contributed by atoms with Crippen LogP contribution in [0.25, 0.3) is 11.1 Å². The molecule has 0 heterocycles. The normalized spacial score (nSPS) is 10.7. The average Bonchev–Trinajstić information content (AvgIpc) is 2.99. The fraction of sp³-hybridized carbons (Fsp3) is 0.206. The van der Waals surface area contributed by atoms with Crippen LogP contribution in [0.1, 0.15) is 45.2 Å². The zero-order valence-corrected chi connectivity index (χ0v) is 23.7. The van der Waals surface area contributed by atoms with E-state index in [1.54, 1.807) is 48.5 Å². The van der Waals surface area contributed by atoms with Gasteiger partial charge in [0.2, 0.25) is 0 Å². The Balaban J connectivity index is 1.59. The maximum Gasteiger partial charge on any atom is 0.305 e. The maximum absolute atomic E-state index is 13.9. The van der Waals surface area contributed by atoms with Crippen molar-refractivity contribution in [3.05, 3.63) is 125 Å². The van der Waals surface area contributed by atoms with Gasteiger partial charge in [-0.15, -0.1) is 0 Å². The second-order valence-corrected chi connectivity index (χ2v) is 9.82. The number of aliphatic carboxylic acids is 1. The van der Waals surface area contributed by atoms with Gasteiger partial charge in [0.15, 0.2) is 0 Å². The van der Waals surface area contributed by atoms with E-state index in [1.807, 2.05) is 31.2 Å². The molecule has 0 atom stereocenters. The number of carboxylic acid groups (broad SMARTS) is 1. The molecule has 2 N–H and O–H groups in total. The van der Waals surface area contributed by atoms with Crippen LogP contribution in [0.5, 0.6) is 5.75 Å². The predicted molar refractivity (Wildman–Crippen MR) is 159 cm³/mol. The fourth-order valence-electron chi connectivity index (χ4n) is 4.75. The van der Waals surface area contributed by atoms with Crippen LogP contribution in [0.4, 0.5) is 8.78 Å². The van der Waals surface area contributed by atoms with Gasteiger partial charge < -0.3 is 20.1 Å². The monoisotopic (exact) mass is 586 g/mol. The highest BCUT2D eigenvalue weighted by molar-refractivity contribution is 6.06. The summed E-state index contributed by atoms with van der Waals surface area (Å²) in [7, 11) is 0. The molecule has 0 fully saturated rings. The van der Waals surface area contributed by atoms with Crippen molar-refractivity contribution < 1.29 is 33.0 Å². The van der Waals surface area contributed by atoms with Crippen molar-refractivity contribution in [2.75, 3.05) is 19.7 Å². The molecule has 0 aromatic heterocycles. The minimum Gasteiger partial charge on any atom is -0.494 e. The molecule has 0 bridgehead atoms. The van der Waals surface area contributed by atoms with Crippen LogP contribution >= 0.6 is 0 Å². The predicted octanol–water partition coefficient (Wildman–Crippen LogP) is 6.12. The number of benzene rings is 4. The van der Waals surface area contributed by atoms with Gasteiger partial charge in [-0.3, -0.25) is 14.4 Å². The van der Waals surface area contributed by atoms with E-state index in [0.29, 0.717) is 35.5 Å². The summed E-state index contributed by atoms with van der Waals surface area (Å²) in [6, 6.07) is 24.1. The first-order valence-electron chi connectivity index (χ1n) is 13.9. The molecule has 4 rings (SSSR count). The number of carbonyl (C=O) groups is 3. The minimum atomic E-state index is -1.02. The van der Waals surface area contributed by atoms with Crippen LogP contribution in [0, 0.1) is 11.6 Å². The van der Waals surface area contributed by atoms with Crippen molar-refractivity contribution >= 4 is 17.8 Å². The molecular formula is C34H32F2N2O5. The first-order chi connectivity index (χ1) is 20.7. The van der Waals surface area contributed by atoms with Crippen molar-refractivity contribution in [3.8, 4) is 16.9 Å². The third-order valence-corrected chi connectivity index (χ3v) is 6.76. The summed E-state index contributed by atoms with van der Waals surface area (Å²) >= 11 is 0. The summed E-state index contributed by atoms with van der Waals surface area (Å²) in [5.74, 6) is -2.66. The molecule has 222 valence electrons. The summed E-state index contributed by atoms with van der Waals surface area (Å²) < 4.78 is 32.8. The summed E-state index contributed by atoms with van der Waals surface area (Å²) in [6.07, 6.45) is 0.251. The van der Waals surface area contributed by atoms with E-state index >= 15 is 0 Å². The van der Waals surface area contributed by atoms with E-state index in [1.165, 1.54) is 4.90 Å². The summed E-state index contributed by atoms with van der Waals surface area (Å²) in [5, 5.41) is 12.0. The van der Waals surface area contributed by atoms with Gasteiger partial charge in [0.05, 0.1) is 13.0 Å². The maximum atomic E-state index is 13.9. The Hall–Kier alpha value is -5.05. The van der Waals surface area contributed by atoms with Gasteiger partial charge in [-0.2, -0.15) is 0 Å². The fourth-order valence-corrected chi connectivity index (χ4v) is 4.75. The van der Waals surface area contributed by atoms with Crippen molar-refractivity contribution in [2.24, 2.45) is 0 Å². The number of carboxylic acids is 1. The zero-order valence-electron chi connectivity index (χ0n) is 23.7. The highest BCUT2D eigenvalue weighted by atomic mass is 19.1. The molecular weight excluding hydrogens is 554 g/mol. The quantitative estimate of drug-likeness (QED) is 0.197. The molecule has 43 heavy (non-hydrogen) atoms. The Morgan fingerprint density at radius 2 is 1.44 bits per heavy atom. The van der Waals surface area contributed by atoms with E-state index in [-0.39, 0.29) is 43.1 Å². The molecule has 0 radical (unpaired) electrons. The number of hydrogen-bond donors (Lipinski definition) is 2. The number of nitrogens with one attached hydrogen (secondary N) is 1. The second kappa shape index (κ2) is 14.7. The summed E-state index contributed by atoms with van der Waals surface area (Å²) in [6.45, 7) is 2.58. The Labute approximate surface area is 248 Å². The largest absolute Gasteiger partial charge is 0.494 e. The van der Waals surface area contributed by atoms with Crippen LogP contribution in [0.15, 0.2) is 91.0 Å². The molecule has 0 saturated heterocycles. The minimum absolute atomic E-state index is 0.0000204. The summed E-state index contributed by atoms with van der Waals surface area (Å²) in [5.41, 5.74) is 2.76. The highest BCUT2D eigenvalue weighted by Crippen LogP contribution is 2.29. The molecule has 4 aromatic rings. The highest BCUT2D eigenvalue weighted by Gasteiger charge is 2.22. The van der Waals surface area contributed by atoms with Crippen LogP contribution in [0.3, 0.4) is 0 Å². The standard InChI is InChI=1S/C34H32F2N2O5/c1-2-43-27-9-7-8-23(20-27)14-16-38(17-15-32(39)40)34(42)31-13-6-4-11-29(31)28-10-3-5-12-30(28)33(41)37-22-24-18-25(35)21-26(36)19-24/h3-13,18-21H,2,14-17,22H2,1H3,(H,37,41)(H,39,40). The van der Waals surface area contributed by atoms with Crippen LogP contribution in [0.2, 0.25) is 0 Å². The molecule has 9 heteroatoms. The third-order valence-electron chi connectivity index (χ3n) is 6.76. The van der Waals surface area contributed by atoms with Crippen LogP contribution in [-0.4, -0.2) is 47.5 Å². The number of nitrogens with zero attached hydrogens (tertiary/aromatic N) is 1. The average molecular weight is 587 g/mol. The van der Waals surface area contributed by atoms with Gasteiger partial charge in [0.1, 0.15) is 17.4 Å². The van der Waals surface area contributed by atoms with Gasteiger partial charge in [-0.25, -0.2) is 8.78 Å². The van der Waals surface area contributed by atoms with Crippen molar-refractivity contribution in [1.29, 1.82) is 0 Å². The Morgan fingerprint density at radius 3 is 2.12 bits per heavy atom. The van der Waals surface area contributed by atoms with Gasteiger partial charge in [0, 0.05) is 36.8 Å². The number of rotatable bonds is 13. The Kier molecular flexibility index (Phi) is 10.6. The first kappa shape index (κ1) is 30.9. The van der Waals surface area contributed by atoms with Crippen molar-refractivity contribution in [1.82, 2.24) is 10.2 Å². The SMILES string of the molecule is CCOc1cccc(CCN(CCC(=O)O)C(=O)c2ccccc2-c2ccccc2C(=O)NCc2cc(F)cc(F)c2)c1. The van der Waals surface area contributed by atoms with E-state index < -0.39 is 23.5 Å². The van der Waals surface area contributed by atoms with Crippen molar-refractivity contribution in [2.45, 2.75) is 26.3 Å². The molecule has 2 amide bonds. The molecule has 0 aliphatic heterocycles. The molecule has 0 spiro atoms. The lowest BCUT2D eigenvalue weighted by Crippen LogP contribution is -2.35. The molecule has 4 aromatic carbocycles. The van der Waals surface area contributed by atoms with Crippen LogP contribution < -0.4 is 10.1 Å². The lowest BCUT2D eigenvalue weighted by Gasteiger charge is -2.24. The molecule has 0 saturated carbocycles. The van der Waals surface area contributed by atoms with E-state index in [0.717, 1.165) is 23.8 Å². The lowest BCUT2D eigenvalue weighted by molar-refractivity contribution is -0.137. The zero-order chi connectivity index (χ0) is 30.8. The molecule has 7 nitrogen and oxygen atoms in total. The first-order valence-corrected chi connectivity index (χ1v) is 13.9. The lowest BCUT2D eigenvalue weighted by atomic mass is 9.94.